The maximum Gasteiger partial charge on any atom is 0.326 e. The summed E-state index contributed by atoms with van der Waals surface area (Å²) in [5.74, 6) is -1.89. The first-order valence-electron chi connectivity index (χ1n) is 8.19. The quantitative estimate of drug-likeness (QED) is 0.725. The molecule has 0 saturated heterocycles. The van der Waals surface area contributed by atoms with Gasteiger partial charge in [-0.25, -0.2) is 9.48 Å². The van der Waals surface area contributed by atoms with Gasteiger partial charge in [-0.2, -0.15) is 0 Å². The van der Waals surface area contributed by atoms with Crippen LogP contribution in [-0.4, -0.2) is 43.0 Å². The zero-order valence-electron chi connectivity index (χ0n) is 14.7. The molecule has 8 heteroatoms. The third-order valence-electron chi connectivity index (χ3n) is 4.21. The minimum Gasteiger partial charge on any atom is -0.480 e. The Morgan fingerprint density at radius 1 is 1.23 bits per heavy atom. The normalized spacial score (nSPS) is 12.3. The SMILES string of the molecule is Cc1c(C(=O)N[C@H](C(=O)O)C(C)C)nnn1-c1cccc2cnccc12. The molecule has 2 heterocycles. The Kier molecular flexibility index (Phi) is 4.66. The topological polar surface area (TPSA) is 110 Å². The van der Waals surface area contributed by atoms with Crippen molar-refractivity contribution in [3.05, 3.63) is 48.0 Å². The molecule has 8 nitrogen and oxygen atoms in total. The number of carbonyl (C=O) groups excluding carboxylic acids is 1. The van der Waals surface area contributed by atoms with Crippen LogP contribution in [0.3, 0.4) is 0 Å². The number of fused-ring (bicyclic) bond motifs is 1. The number of carbonyl (C=O) groups is 2. The van der Waals surface area contributed by atoms with Gasteiger partial charge in [0.15, 0.2) is 5.69 Å². The number of hydrogen-bond acceptors (Lipinski definition) is 5. The van der Waals surface area contributed by atoms with E-state index in [1.54, 1.807) is 37.8 Å². The van der Waals surface area contributed by atoms with E-state index in [0.29, 0.717) is 5.69 Å². The second-order valence-corrected chi connectivity index (χ2v) is 6.34. The predicted molar refractivity (Wildman–Crippen MR) is 95.1 cm³/mol. The second-order valence-electron chi connectivity index (χ2n) is 6.34. The van der Waals surface area contributed by atoms with Crippen LogP contribution < -0.4 is 5.32 Å². The Morgan fingerprint density at radius 2 is 2.00 bits per heavy atom. The monoisotopic (exact) mass is 353 g/mol. The zero-order valence-corrected chi connectivity index (χ0v) is 14.7. The summed E-state index contributed by atoms with van der Waals surface area (Å²) in [4.78, 5) is 27.9. The van der Waals surface area contributed by atoms with Crippen LogP contribution in [0.1, 0.15) is 30.0 Å². The van der Waals surface area contributed by atoms with Gasteiger partial charge in [0, 0.05) is 23.2 Å². The lowest BCUT2D eigenvalue weighted by Gasteiger charge is -2.17. The number of pyridine rings is 1. The number of carboxylic acids is 1. The predicted octanol–water partition coefficient (Wildman–Crippen LogP) is 1.96. The van der Waals surface area contributed by atoms with Gasteiger partial charge in [0.1, 0.15) is 6.04 Å². The molecule has 2 N–H and O–H groups in total. The zero-order chi connectivity index (χ0) is 18.8. The summed E-state index contributed by atoms with van der Waals surface area (Å²) < 4.78 is 1.57. The van der Waals surface area contributed by atoms with Crippen molar-refractivity contribution in [3.63, 3.8) is 0 Å². The van der Waals surface area contributed by atoms with Gasteiger partial charge >= 0.3 is 5.97 Å². The van der Waals surface area contributed by atoms with E-state index in [4.69, 9.17) is 0 Å². The van der Waals surface area contributed by atoms with Gasteiger partial charge in [-0.15, -0.1) is 5.10 Å². The van der Waals surface area contributed by atoms with Gasteiger partial charge in [-0.1, -0.05) is 31.2 Å². The molecule has 3 rings (SSSR count). The Bertz CT molecular complexity index is 975. The maximum absolute atomic E-state index is 12.5. The molecule has 0 unspecified atom stereocenters. The molecule has 26 heavy (non-hydrogen) atoms. The van der Waals surface area contributed by atoms with Crippen molar-refractivity contribution >= 4 is 22.6 Å². The largest absolute Gasteiger partial charge is 0.480 e. The van der Waals surface area contributed by atoms with Gasteiger partial charge < -0.3 is 10.4 Å². The number of benzene rings is 1. The van der Waals surface area contributed by atoms with Gasteiger partial charge in [0.2, 0.25) is 0 Å². The number of aromatic nitrogens is 4. The Morgan fingerprint density at radius 3 is 2.69 bits per heavy atom. The molecule has 2 aromatic heterocycles. The Labute approximate surface area is 149 Å². The minimum absolute atomic E-state index is 0.1000. The van der Waals surface area contributed by atoms with Crippen LogP contribution in [0, 0.1) is 12.8 Å². The molecule has 1 atom stereocenters. The molecule has 1 aromatic carbocycles. The van der Waals surface area contributed by atoms with Crippen LogP contribution in [0.4, 0.5) is 0 Å². The summed E-state index contributed by atoms with van der Waals surface area (Å²) in [7, 11) is 0. The van der Waals surface area contributed by atoms with Gasteiger partial charge in [-0.05, 0) is 25.0 Å². The number of aliphatic carboxylic acids is 1. The van der Waals surface area contributed by atoms with E-state index in [1.165, 1.54) is 0 Å². The Hall–Kier alpha value is -3.29. The van der Waals surface area contributed by atoms with Crippen LogP contribution in [0.15, 0.2) is 36.7 Å². The lowest BCUT2D eigenvalue weighted by atomic mass is 10.0. The molecule has 0 aliphatic carbocycles. The van der Waals surface area contributed by atoms with Crippen molar-refractivity contribution in [2.75, 3.05) is 0 Å². The van der Waals surface area contributed by atoms with Crippen LogP contribution >= 0.6 is 0 Å². The molecule has 134 valence electrons. The highest BCUT2D eigenvalue weighted by molar-refractivity contribution is 5.96. The third kappa shape index (κ3) is 3.13. The van der Waals surface area contributed by atoms with Crippen LogP contribution in [0.2, 0.25) is 0 Å². The van der Waals surface area contributed by atoms with Crippen molar-refractivity contribution in [1.82, 2.24) is 25.3 Å². The van der Waals surface area contributed by atoms with Crippen molar-refractivity contribution in [3.8, 4) is 5.69 Å². The average Bonchev–Trinajstić information content (AvgIpc) is 2.99. The fourth-order valence-electron chi connectivity index (χ4n) is 2.78. The highest BCUT2D eigenvalue weighted by atomic mass is 16.4. The first-order chi connectivity index (χ1) is 12.4. The van der Waals surface area contributed by atoms with E-state index in [2.05, 4.69) is 20.6 Å². The van der Waals surface area contributed by atoms with Crippen molar-refractivity contribution in [2.24, 2.45) is 5.92 Å². The fourth-order valence-corrected chi connectivity index (χ4v) is 2.78. The number of rotatable bonds is 5. The summed E-state index contributed by atoms with van der Waals surface area (Å²) in [6.45, 7) is 5.18. The Balaban J connectivity index is 1.98. The lowest BCUT2D eigenvalue weighted by Crippen LogP contribution is -2.44. The standard InChI is InChI=1S/C18H19N5O3/c1-10(2)15(18(25)26)20-17(24)16-11(3)23(22-21-16)14-6-4-5-12-9-19-8-7-13(12)14/h4-10,15H,1-3H3,(H,20,24)(H,25,26)/t15-/m0/s1. The van der Waals surface area contributed by atoms with Crippen molar-refractivity contribution in [1.29, 1.82) is 0 Å². The molecule has 0 aliphatic rings. The average molecular weight is 353 g/mol. The number of hydrogen-bond donors (Lipinski definition) is 2. The highest BCUT2D eigenvalue weighted by Gasteiger charge is 2.26. The van der Waals surface area contributed by atoms with Crippen LogP contribution in [0.25, 0.3) is 16.5 Å². The van der Waals surface area contributed by atoms with E-state index in [9.17, 15) is 14.7 Å². The number of nitrogens with one attached hydrogen (secondary N) is 1. The molecule has 0 aliphatic heterocycles. The molecule has 0 radical (unpaired) electrons. The lowest BCUT2D eigenvalue weighted by molar-refractivity contribution is -0.140. The van der Waals surface area contributed by atoms with Crippen molar-refractivity contribution < 1.29 is 14.7 Å². The summed E-state index contributed by atoms with van der Waals surface area (Å²) in [6, 6.07) is 6.56. The van der Waals surface area contributed by atoms with E-state index in [1.807, 2.05) is 24.3 Å². The molecule has 0 spiro atoms. The summed E-state index contributed by atoms with van der Waals surface area (Å²) in [5.41, 5.74) is 1.40. The molecule has 3 aromatic rings. The van der Waals surface area contributed by atoms with E-state index >= 15 is 0 Å². The molecule has 0 fully saturated rings. The van der Waals surface area contributed by atoms with Crippen LogP contribution in [-0.2, 0) is 4.79 Å². The highest BCUT2D eigenvalue weighted by Crippen LogP contribution is 2.22. The van der Waals surface area contributed by atoms with Gasteiger partial charge in [-0.3, -0.25) is 9.78 Å². The smallest absolute Gasteiger partial charge is 0.326 e. The summed E-state index contributed by atoms with van der Waals surface area (Å²) in [5, 5.41) is 21.7. The maximum atomic E-state index is 12.5. The van der Waals surface area contributed by atoms with E-state index < -0.39 is 17.9 Å². The first-order valence-corrected chi connectivity index (χ1v) is 8.19. The first kappa shape index (κ1) is 17.5. The molecular weight excluding hydrogens is 334 g/mol. The fraction of sp³-hybridized carbons (Fsp3) is 0.278. The minimum atomic E-state index is -1.08. The molecular formula is C18H19N5O3. The van der Waals surface area contributed by atoms with E-state index in [-0.39, 0.29) is 11.6 Å². The molecule has 1 amide bonds. The van der Waals surface area contributed by atoms with Crippen molar-refractivity contribution in [2.45, 2.75) is 26.8 Å². The summed E-state index contributed by atoms with van der Waals surface area (Å²) >= 11 is 0. The van der Waals surface area contributed by atoms with Crippen LogP contribution in [0.5, 0.6) is 0 Å². The number of carboxylic acid groups (broad SMARTS) is 1. The summed E-state index contributed by atoms with van der Waals surface area (Å²) in [6.07, 6.45) is 3.44. The van der Waals surface area contributed by atoms with Gasteiger partial charge in [0.25, 0.3) is 5.91 Å². The van der Waals surface area contributed by atoms with Gasteiger partial charge in [0.05, 0.1) is 11.4 Å². The third-order valence-corrected chi connectivity index (χ3v) is 4.21. The number of amides is 1. The molecule has 0 bridgehead atoms. The molecule has 0 saturated carbocycles. The second kappa shape index (κ2) is 6.91. The number of nitrogens with zero attached hydrogens (tertiary/aromatic N) is 4. The van der Waals surface area contributed by atoms with E-state index in [0.717, 1.165) is 16.5 Å².